The molecule has 0 aliphatic carbocycles. The van der Waals surface area contributed by atoms with E-state index in [1.807, 2.05) is 49.6 Å². The van der Waals surface area contributed by atoms with Gasteiger partial charge in [0.25, 0.3) is 0 Å². The molecular formula is C20H25N3O. The molecule has 1 aromatic carbocycles. The molecule has 2 heterocycles. The minimum atomic E-state index is -0.0943. The predicted octanol–water partition coefficient (Wildman–Crippen LogP) is 3.22. The first-order valence-corrected chi connectivity index (χ1v) is 8.71. The summed E-state index contributed by atoms with van der Waals surface area (Å²) in [5, 5.41) is 3.14. The number of carbonyl (C=O) groups excluding carboxylic acids is 1. The lowest BCUT2D eigenvalue weighted by Crippen LogP contribution is -2.39. The summed E-state index contributed by atoms with van der Waals surface area (Å²) in [7, 11) is 0. The lowest BCUT2D eigenvalue weighted by atomic mass is 9.95. The van der Waals surface area contributed by atoms with Gasteiger partial charge in [-0.3, -0.25) is 9.78 Å². The van der Waals surface area contributed by atoms with E-state index in [9.17, 15) is 4.79 Å². The number of pyridine rings is 1. The van der Waals surface area contributed by atoms with E-state index in [1.54, 1.807) is 0 Å². The molecule has 1 N–H and O–H groups in total. The standard InChI is InChI=1S/C20H25N3O/c1-16(18-5-3-2-4-6-18)20(24)22-15-17-9-13-23(14-10-17)19-7-11-21-12-8-19/h2-8,11-12,16-17H,9-10,13-15H2,1H3,(H,22,24)/t16-/m1/s1. The Bertz CT molecular complexity index is 636. The van der Waals surface area contributed by atoms with E-state index in [0.717, 1.165) is 38.0 Å². The van der Waals surface area contributed by atoms with Gasteiger partial charge in [0.15, 0.2) is 0 Å². The topological polar surface area (TPSA) is 45.2 Å². The van der Waals surface area contributed by atoms with Crippen LogP contribution in [-0.2, 0) is 4.79 Å². The van der Waals surface area contributed by atoms with E-state index >= 15 is 0 Å². The Morgan fingerprint density at radius 2 is 1.83 bits per heavy atom. The Hall–Kier alpha value is -2.36. The Morgan fingerprint density at radius 3 is 2.50 bits per heavy atom. The number of rotatable bonds is 5. The van der Waals surface area contributed by atoms with Crippen LogP contribution in [0.4, 0.5) is 5.69 Å². The summed E-state index contributed by atoms with van der Waals surface area (Å²) in [4.78, 5) is 18.8. The summed E-state index contributed by atoms with van der Waals surface area (Å²) < 4.78 is 0. The molecule has 1 aliphatic heterocycles. The number of hydrogen-bond donors (Lipinski definition) is 1. The van der Waals surface area contributed by atoms with Crippen molar-refractivity contribution < 1.29 is 4.79 Å². The van der Waals surface area contributed by atoms with Crippen LogP contribution in [0, 0.1) is 5.92 Å². The van der Waals surface area contributed by atoms with Crippen LogP contribution in [0.5, 0.6) is 0 Å². The zero-order valence-corrected chi connectivity index (χ0v) is 14.2. The average Bonchev–Trinajstić information content (AvgIpc) is 2.67. The molecule has 1 aromatic heterocycles. The minimum Gasteiger partial charge on any atom is -0.371 e. The molecule has 0 spiro atoms. The maximum Gasteiger partial charge on any atom is 0.227 e. The van der Waals surface area contributed by atoms with Crippen LogP contribution in [0.2, 0.25) is 0 Å². The third-order valence-electron chi connectivity index (χ3n) is 4.90. The van der Waals surface area contributed by atoms with Crippen molar-refractivity contribution in [1.82, 2.24) is 10.3 Å². The Morgan fingerprint density at radius 1 is 1.17 bits per heavy atom. The summed E-state index contributed by atoms with van der Waals surface area (Å²) in [6, 6.07) is 14.1. The molecule has 1 saturated heterocycles. The molecule has 1 atom stereocenters. The number of nitrogens with zero attached hydrogens (tertiary/aromatic N) is 2. The zero-order valence-electron chi connectivity index (χ0n) is 14.2. The molecule has 1 fully saturated rings. The molecular weight excluding hydrogens is 298 g/mol. The normalized spacial score (nSPS) is 16.6. The maximum absolute atomic E-state index is 12.3. The number of aromatic nitrogens is 1. The smallest absolute Gasteiger partial charge is 0.227 e. The summed E-state index contributed by atoms with van der Waals surface area (Å²) in [5.74, 6) is 0.593. The van der Waals surface area contributed by atoms with Gasteiger partial charge in [0.1, 0.15) is 0 Å². The van der Waals surface area contributed by atoms with Crippen LogP contribution in [0.3, 0.4) is 0 Å². The van der Waals surface area contributed by atoms with E-state index < -0.39 is 0 Å². The minimum absolute atomic E-state index is 0.0943. The zero-order chi connectivity index (χ0) is 16.8. The van der Waals surface area contributed by atoms with E-state index in [0.29, 0.717) is 5.92 Å². The van der Waals surface area contributed by atoms with Crippen LogP contribution in [-0.4, -0.2) is 30.5 Å². The monoisotopic (exact) mass is 323 g/mol. The second kappa shape index (κ2) is 7.95. The quantitative estimate of drug-likeness (QED) is 0.919. The highest BCUT2D eigenvalue weighted by Crippen LogP contribution is 2.22. The molecule has 0 bridgehead atoms. The lowest BCUT2D eigenvalue weighted by Gasteiger charge is -2.33. The Labute approximate surface area is 143 Å². The van der Waals surface area contributed by atoms with E-state index in [2.05, 4.69) is 27.3 Å². The lowest BCUT2D eigenvalue weighted by molar-refractivity contribution is -0.122. The first-order valence-electron chi connectivity index (χ1n) is 8.71. The van der Waals surface area contributed by atoms with Crippen LogP contribution < -0.4 is 10.2 Å². The molecule has 0 radical (unpaired) electrons. The highest BCUT2D eigenvalue weighted by molar-refractivity contribution is 5.83. The van der Waals surface area contributed by atoms with Crippen LogP contribution in [0.25, 0.3) is 0 Å². The summed E-state index contributed by atoms with van der Waals surface area (Å²) >= 11 is 0. The van der Waals surface area contributed by atoms with Crippen molar-refractivity contribution in [2.24, 2.45) is 5.92 Å². The molecule has 0 unspecified atom stereocenters. The molecule has 2 aromatic rings. The van der Waals surface area contributed by atoms with E-state index in [1.165, 1.54) is 5.69 Å². The largest absolute Gasteiger partial charge is 0.371 e. The van der Waals surface area contributed by atoms with Crippen LogP contribution >= 0.6 is 0 Å². The van der Waals surface area contributed by atoms with Crippen molar-refractivity contribution in [2.75, 3.05) is 24.5 Å². The van der Waals surface area contributed by atoms with E-state index in [-0.39, 0.29) is 11.8 Å². The van der Waals surface area contributed by atoms with Gasteiger partial charge in [0, 0.05) is 37.7 Å². The van der Waals surface area contributed by atoms with Gasteiger partial charge >= 0.3 is 0 Å². The Kier molecular flexibility index (Phi) is 5.47. The van der Waals surface area contributed by atoms with Gasteiger partial charge in [-0.15, -0.1) is 0 Å². The van der Waals surface area contributed by atoms with Crippen molar-refractivity contribution in [1.29, 1.82) is 0 Å². The molecule has 24 heavy (non-hydrogen) atoms. The molecule has 3 rings (SSSR count). The molecule has 4 heteroatoms. The SMILES string of the molecule is C[C@@H](C(=O)NCC1CCN(c2ccncc2)CC1)c1ccccc1. The number of hydrogen-bond acceptors (Lipinski definition) is 3. The number of carbonyl (C=O) groups is 1. The van der Waals surface area contributed by atoms with Gasteiger partial charge in [-0.05, 0) is 43.4 Å². The summed E-state index contributed by atoms with van der Waals surface area (Å²) in [6.45, 7) is 4.83. The van der Waals surface area contributed by atoms with Crippen LogP contribution in [0.15, 0.2) is 54.9 Å². The fourth-order valence-electron chi connectivity index (χ4n) is 3.24. The number of benzene rings is 1. The van der Waals surface area contributed by atoms with Crippen molar-refractivity contribution in [3.8, 4) is 0 Å². The van der Waals surface area contributed by atoms with Crippen molar-refractivity contribution in [3.05, 3.63) is 60.4 Å². The van der Waals surface area contributed by atoms with Crippen molar-refractivity contribution in [2.45, 2.75) is 25.7 Å². The first-order chi connectivity index (χ1) is 11.7. The average molecular weight is 323 g/mol. The number of amides is 1. The third-order valence-corrected chi connectivity index (χ3v) is 4.90. The van der Waals surface area contributed by atoms with E-state index in [4.69, 9.17) is 0 Å². The first kappa shape index (κ1) is 16.5. The molecule has 126 valence electrons. The third kappa shape index (κ3) is 4.13. The van der Waals surface area contributed by atoms with Gasteiger partial charge in [-0.2, -0.15) is 0 Å². The van der Waals surface area contributed by atoms with Crippen molar-refractivity contribution in [3.63, 3.8) is 0 Å². The number of nitrogens with one attached hydrogen (secondary N) is 1. The van der Waals surface area contributed by atoms with Crippen molar-refractivity contribution >= 4 is 11.6 Å². The maximum atomic E-state index is 12.3. The molecule has 1 amide bonds. The number of anilines is 1. The van der Waals surface area contributed by atoms with Crippen LogP contribution in [0.1, 0.15) is 31.2 Å². The summed E-state index contributed by atoms with van der Waals surface area (Å²) in [5.41, 5.74) is 2.31. The molecule has 4 nitrogen and oxygen atoms in total. The van der Waals surface area contributed by atoms with Gasteiger partial charge in [0.2, 0.25) is 5.91 Å². The fourth-order valence-corrected chi connectivity index (χ4v) is 3.24. The second-order valence-electron chi connectivity index (χ2n) is 6.51. The van der Waals surface area contributed by atoms with Gasteiger partial charge in [-0.25, -0.2) is 0 Å². The molecule has 1 aliphatic rings. The van der Waals surface area contributed by atoms with Gasteiger partial charge in [0.05, 0.1) is 5.92 Å². The van der Waals surface area contributed by atoms with Gasteiger partial charge < -0.3 is 10.2 Å². The summed E-state index contributed by atoms with van der Waals surface area (Å²) in [6.07, 6.45) is 5.91. The Balaban J connectivity index is 1.44. The second-order valence-corrected chi connectivity index (χ2v) is 6.51. The highest BCUT2D eigenvalue weighted by Gasteiger charge is 2.21. The highest BCUT2D eigenvalue weighted by atomic mass is 16.1. The predicted molar refractivity (Wildman–Crippen MR) is 97.0 cm³/mol. The number of piperidine rings is 1. The fraction of sp³-hybridized carbons (Fsp3) is 0.400. The van der Waals surface area contributed by atoms with Gasteiger partial charge in [-0.1, -0.05) is 30.3 Å². The molecule has 0 saturated carbocycles.